The topological polar surface area (TPSA) is 55.8 Å². The monoisotopic (exact) mass is 314 g/mol. The first-order chi connectivity index (χ1) is 9.51. The summed E-state index contributed by atoms with van der Waals surface area (Å²) in [4.78, 5) is 25.6. The van der Waals surface area contributed by atoms with Gasteiger partial charge in [0.15, 0.2) is 8.32 Å². The highest BCUT2D eigenvalue weighted by atomic mass is 28.4. The van der Waals surface area contributed by atoms with Crippen molar-refractivity contribution in [2.24, 2.45) is 5.92 Å². The van der Waals surface area contributed by atoms with Gasteiger partial charge in [-0.1, -0.05) is 20.8 Å². The number of methoxy groups -OCH3 is 1. The van der Waals surface area contributed by atoms with Gasteiger partial charge in [-0.15, -0.1) is 0 Å². The minimum atomic E-state index is -1.91. The maximum Gasteiger partial charge on any atom is 0.328 e. The highest BCUT2D eigenvalue weighted by Gasteiger charge is 2.64. The largest absolute Gasteiger partial charge is 0.467 e. The molecule has 21 heavy (non-hydrogen) atoms. The summed E-state index contributed by atoms with van der Waals surface area (Å²) in [6.07, 6.45) is 0.831. The Morgan fingerprint density at radius 2 is 1.81 bits per heavy atom. The van der Waals surface area contributed by atoms with Gasteiger partial charge in [-0.3, -0.25) is 4.79 Å². The molecule has 1 saturated carbocycles. The fourth-order valence-electron chi connectivity index (χ4n) is 3.15. The Balaban J connectivity index is 2.20. The zero-order chi connectivity index (χ0) is 16.2. The molecule has 2 aliphatic heterocycles. The number of amides is 1. The predicted molar refractivity (Wildman–Crippen MR) is 82.3 cm³/mol. The molecule has 2 heterocycles. The lowest BCUT2D eigenvalue weighted by molar-refractivity contribution is -0.150. The summed E-state index contributed by atoms with van der Waals surface area (Å²) < 4.78 is 11.3. The van der Waals surface area contributed by atoms with Gasteiger partial charge in [0.05, 0.1) is 19.3 Å². The molecule has 0 spiro atoms. The first-order valence-corrected chi connectivity index (χ1v) is 10.5. The first-order valence-electron chi connectivity index (χ1n) is 7.56. The van der Waals surface area contributed by atoms with Crippen LogP contribution in [0.5, 0.6) is 0 Å². The molecule has 120 valence electrons. The van der Waals surface area contributed by atoms with E-state index in [1.165, 1.54) is 14.0 Å². The summed E-state index contributed by atoms with van der Waals surface area (Å²) in [7, 11) is -0.535. The van der Waals surface area contributed by atoms with Crippen molar-refractivity contribution < 1.29 is 18.8 Å². The zero-order valence-electron chi connectivity index (χ0n) is 14.1. The molecule has 0 aromatic carbocycles. The van der Waals surface area contributed by atoms with Crippen LogP contribution < -0.4 is 0 Å². The summed E-state index contributed by atoms with van der Waals surface area (Å²) in [5.41, 5.74) is 0. The fraction of sp³-hybridized carbons (Fsp3) is 0.867. The van der Waals surface area contributed by atoms with Crippen molar-refractivity contribution >= 4 is 20.2 Å². The maximum atomic E-state index is 12.0. The van der Waals surface area contributed by atoms with E-state index in [0.29, 0.717) is 0 Å². The van der Waals surface area contributed by atoms with E-state index in [4.69, 9.17) is 9.16 Å². The summed E-state index contributed by atoms with van der Waals surface area (Å²) in [5.74, 6) is -0.307. The van der Waals surface area contributed by atoms with Gasteiger partial charge in [0.2, 0.25) is 5.91 Å². The van der Waals surface area contributed by atoms with E-state index in [9.17, 15) is 9.59 Å². The van der Waals surface area contributed by atoms with Crippen LogP contribution in [0.1, 0.15) is 34.1 Å². The minimum Gasteiger partial charge on any atom is -0.467 e. The molecule has 1 aliphatic carbocycles. The summed E-state index contributed by atoms with van der Waals surface area (Å²) in [6.45, 7) is 12.5. The van der Waals surface area contributed by atoms with E-state index in [1.54, 1.807) is 4.90 Å². The Bertz CT molecular complexity index is 457. The highest BCUT2D eigenvalue weighted by Crippen LogP contribution is 2.51. The van der Waals surface area contributed by atoms with Gasteiger partial charge >= 0.3 is 5.97 Å². The quantitative estimate of drug-likeness (QED) is 0.455. The van der Waals surface area contributed by atoms with Crippen LogP contribution in [0, 0.1) is 5.92 Å². The number of hydrogen-bond acceptors (Lipinski definition) is 4. The minimum absolute atomic E-state index is 0.0149. The van der Waals surface area contributed by atoms with Gasteiger partial charge in [-0.05, 0) is 24.6 Å². The van der Waals surface area contributed by atoms with Crippen molar-refractivity contribution in [3.63, 3.8) is 0 Å². The van der Waals surface area contributed by atoms with Gasteiger partial charge in [0.25, 0.3) is 0 Å². The standard InChI is InChI=1S/C15H27NO4Si/c1-9(17)16-11-8-10(12(16)14(18)19-5)13(11)20-21(6,7)15(2,3)4/h10-13H,8H2,1-7H3/t10-,11-,12-,13+/m1/s1/i1+1. The van der Waals surface area contributed by atoms with E-state index in [2.05, 4.69) is 33.9 Å². The fourth-order valence-corrected chi connectivity index (χ4v) is 4.52. The molecule has 2 bridgehead atoms. The van der Waals surface area contributed by atoms with Crippen LogP contribution in [0.3, 0.4) is 0 Å². The number of hydrogen-bond donors (Lipinski definition) is 0. The van der Waals surface area contributed by atoms with Crippen LogP contribution >= 0.6 is 0 Å². The number of carbonyl (C=O) groups is 2. The molecule has 3 aliphatic rings. The summed E-state index contributed by atoms with van der Waals surface area (Å²) in [6, 6.07) is -0.432. The normalized spacial score (nSPS) is 31.9. The van der Waals surface area contributed by atoms with Crippen LogP contribution in [-0.4, -0.2) is 50.4 Å². The molecule has 4 atom stereocenters. The molecular weight excluding hydrogens is 287 g/mol. The van der Waals surface area contributed by atoms with Crippen LogP contribution in [0.4, 0.5) is 0 Å². The van der Waals surface area contributed by atoms with Crippen LogP contribution in [0.2, 0.25) is 18.1 Å². The average Bonchev–Trinajstić information content (AvgIpc) is 2.87. The summed E-state index contributed by atoms with van der Waals surface area (Å²) in [5, 5.41) is 0.115. The number of rotatable bonds is 3. The molecule has 0 radical (unpaired) electrons. The zero-order valence-corrected chi connectivity index (χ0v) is 15.1. The van der Waals surface area contributed by atoms with Gasteiger partial charge in [-0.2, -0.15) is 0 Å². The van der Waals surface area contributed by atoms with Crippen molar-refractivity contribution in [3.8, 4) is 0 Å². The molecule has 3 fully saturated rings. The van der Waals surface area contributed by atoms with Gasteiger partial charge < -0.3 is 14.1 Å². The molecule has 5 nitrogen and oxygen atoms in total. The predicted octanol–water partition coefficient (Wildman–Crippen LogP) is 2.17. The lowest BCUT2D eigenvalue weighted by Gasteiger charge is -2.45. The first kappa shape index (κ1) is 16.5. The Morgan fingerprint density at radius 3 is 2.24 bits per heavy atom. The summed E-state index contributed by atoms with van der Waals surface area (Å²) >= 11 is 0. The lowest BCUT2D eigenvalue weighted by Crippen LogP contribution is -2.54. The van der Waals surface area contributed by atoms with Crippen LogP contribution in [0.25, 0.3) is 0 Å². The van der Waals surface area contributed by atoms with E-state index in [1.807, 2.05) is 0 Å². The SMILES string of the molecule is COC(=O)[C@H]1[C@H]2C[C@H]([C@H]2O[Si](C)(C)C(C)(C)C)N1C([13CH3])=O. The number of carbonyl (C=O) groups excluding carboxylic acids is 2. The Kier molecular flexibility index (Phi) is 3.99. The van der Waals surface area contributed by atoms with Gasteiger partial charge in [0, 0.05) is 12.8 Å². The number of esters is 1. The van der Waals surface area contributed by atoms with Crippen LogP contribution in [0.15, 0.2) is 0 Å². The lowest BCUT2D eigenvalue weighted by atomic mass is 9.79. The van der Waals surface area contributed by atoms with E-state index < -0.39 is 14.4 Å². The van der Waals surface area contributed by atoms with Gasteiger partial charge in [0.1, 0.15) is 6.04 Å². The molecule has 0 aromatic rings. The van der Waals surface area contributed by atoms with Gasteiger partial charge in [-0.25, -0.2) is 4.79 Å². The third-order valence-electron chi connectivity index (χ3n) is 5.42. The average molecular weight is 314 g/mol. The Morgan fingerprint density at radius 1 is 1.24 bits per heavy atom. The molecule has 2 saturated heterocycles. The van der Waals surface area contributed by atoms with E-state index >= 15 is 0 Å². The molecule has 3 rings (SSSR count). The second-order valence-electron chi connectivity index (χ2n) is 7.70. The third-order valence-corrected chi connectivity index (χ3v) is 9.89. The Labute approximate surface area is 128 Å². The van der Waals surface area contributed by atoms with Crippen molar-refractivity contribution in [2.45, 2.75) is 70.4 Å². The maximum absolute atomic E-state index is 12.0. The molecule has 1 amide bonds. The smallest absolute Gasteiger partial charge is 0.328 e. The highest BCUT2D eigenvalue weighted by molar-refractivity contribution is 6.74. The second kappa shape index (κ2) is 5.09. The van der Waals surface area contributed by atoms with Crippen molar-refractivity contribution in [3.05, 3.63) is 0 Å². The third kappa shape index (κ3) is 2.52. The van der Waals surface area contributed by atoms with Crippen LogP contribution in [-0.2, 0) is 18.8 Å². The van der Waals surface area contributed by atoms with Crippen molar-refractivity contribution in [1.29, 1.82) is 0 Å². The van der Waals surface area contributed by atoms with E-state index in [0.717, 1.165) is 6.42 Å². The number of fused-ring (bicyclic) bond motifs is 1. The van der Waals surface area contributed by atoms with Crippen molar-refractivity contribution in [2.75, 3.05) is 7.11 Å². The van der Waals surface area contributed by atoms with E-state index in [-0.39, 0.29) is 35.0 Å². The van der Waals surface area contributed by atoms with Crippen molar-refractivity contribution in [1.82, 2.24) is 4.90 Å². The number of nitrogens with zero attached hydrogens (tertiary/aromatic N) is 1. The molecule has 6 heteroatoms. The second-order valence-corrected chi connectivity index (χ2v) is 12.5. The molecular formula is C15H27NO4Si. The molecule has 0 aromatic heterocycles. The Hall–Kier alpha value is -0.883. The molecule has 0 unspecified atom stereocenters. The molecule has 0 N–H and O–H groups in total. The number of ether oxygens (including phenoxy) is 1.